The van der Waals surface area contributed by atoms with Crippen LogP contribution in [0.1, 0.15) is 51.1 Å². The van der Waals surface area contributed by atoms with Crippen molar-refractivity contribution < 1.29 is 9.47 Å². The summed E-state index contributed by atoms with van der Waals surface area (Å²) in [4.78, 5) is 0. The van der Waals surface area contributed by atoms with Gasteiger partial charge < -0.3 is 14.8 Å². The highest BCUT2D eigenvalue weighted by Crippen LogP contribution is 2.27. The third-order valence-electron chi connectivity index (χ3n) is 4.33. The monoisotopic (exact) mass is 291 g/mol. The van der Waals surface area contributed by atoms with Crippen molar-refractivity contribution in [2.75, 3.05) is 20.3 Å². The van der Waals surface area contributed by atoms with Crippen molar-refractivity contribution in [1.82, 2.24) is 5.32 Å². The molecule has 0 amide bonds. The number of rotatable bonds is 7. The van der Waals surface area contributed by atoms with Gasteiger partial charge in [-0.1, -0.05) is 38.8 Å². The van der Waals surface area contributed by atoms with E-state index in [1.807, 2.05) is 12.1 Å². The van der Waals surface area contributed by atoms with Crippen LogP contribution >= 0.6 is 0 Å². The molecule has 1 aromatic carbocycles. The lowest BCUT2D eigenvalue weighted by Gasteiger charge is -2.29. The van der Waals surface area contributed by atoms with Crippen molar-refractivity contribution in [2.45, 2.75) is 51.7 Å². The first-order valence-electron chi connectivity index (χ1n) is 8.21. The van der Waals surface area contributed by atoms with Crippen molar-refractivity contribution in [3.05, 3.63) is 29.8 Å². The molecule has 0 radical (unpaired) electrons. The van der Waals surface area contributed by atoms with Crippen molar-refractivity contribution in [3.63, 3.8) is 0 Å². The lowest BCUT2D eigenvalue weighted by Crippen LogP contribution is -2.29. The van der Waals surface area contributed by atoms with E-state index in [1.54, 1.807) is 7.11 Å². The molecule has 0 aromatic heterocycles. The molecule has 118 valence electrons. The van der Waals surface area contributed by atoms with Crippen LogP contribution in [0.15, 0.2) is 24.3 Å². The van der Waals surface area contributed by atoms with Gasteiger partial charge in [0.15, 0.2) is 0 Å². The van der Waals surface area contributed by atoms with E-state index in [0.717, 1.165) is 24.8 Å². The molecule has 3 nitrogen and oxygen atoms in total. The van der Waals surface area contributed by atoms with Gasteiger partial charge in [0.2, 0.25) is 0 Å². The normalized spacial score (nSPS) is 23.8. The fourth-order valence-electron chi connectivity index (χ4n) is 3.14. The SMILES string of the molecule is CCNC(COC1CCCC(C)C1)c1cccc(OC)c1. The highest BCUT2D eigenvalue weighted by molar-refractivity contribution is 5.30. The van der Waals surface area contributed by atoms with Gasteiger partial charge in [0, 0.05) is 0 Å². The molecule has 1 aromatic rings. The van der Waals surface area contributed by atoms with E-state index in [-0.39, 0.29) is 6.04 Å². The molecule has 3 atom stereocenters. The molecule has 3 unspecified atom stereocenters. The fraction of sp³-hybridized carbons (Fsp3) is 0.667. The molecule has 1 N–H and O–H groups in total. The highest BCUT2D eigenvalue weighted by atomic mass is 16.5. The average molecular weight is 291 g/mol. The molecule has 0 spiro atoms. The van der Waals surface area contributed by atoms with Gasteiger partial charge in [-0.2, -0.15) is 0 Å². The zero-order valence-electron chi connectivity index (χ0n) is 13.6. The summed E-state index contributed by atoms with van der Waals surface area (Å²) in [7, 11) is 1.71. The van der Waals surface area contributed by atoms with Crippen LogP contribution in [0, 0.1) is 5.92 Å². The second-order valence-corrected chi connectivity index (χ2v) is 6.11. The lowest BCUT2D eigenvalue weighted by molar-refractivity contribution is 0.00415. The van der Waals surface area contributed by atoms with Gasteiger partial charge in [-0.05, 0) is 43.0 Å². The van der Waals surface area contributed by atoms with E-state index in [9.17, 15) is 0 Å². The standard InChI is InChI=1S/C18H29NO2/c1-4-19-18(15-8-6-9-16(12-15)20-3)13-21-17-10-5-7-14(2)11-17/h6,8-9,12,14,17-19H,4-5,7,10-11,13H2,1-3H3. The highest BCUT2D eigenvalue weighted by Gasteiger charge is 2.21. The Morgan fingerprint density at radius 3 is 2.90 bits per heavy atom. The Labute approximate surface area is 129 Å². The molecule has 1 saturated carbocycles. The summed E-state index contributed by atoms with van der Waals surface area (Å²) in [6, 6.07) is 8.50. The Morgan fingerprint density at radius 2 is 2.19 bits per heavy atom. The number of hydrogen-bond donors (Lipinski definition) is 1. The van der Waals surface area contributed by atoms with Crippen molar-refractivity contribution in [1.29, 1.82) is 0 Å². The lowest BCUT2D eigenvalue weighted by atomic mass is 9.89. The third-order valence-corrected chi connectivity index (χ3v) is 4.33. The van der Waals surface area contributed by atoms with Gasteiger partial charge in [0.1, 0.15) is 5.75 Å². The number of benzene rings is 1. The zero-order chi connectivity index (χ0) is 15.1. The predicted molar refractivity (Wildman–Crippen MR) is 86.8 cm³/mol. The van der Waals surface area contributed by atoms with Gasteiger partial charge in [-0.3, -0.25) is 0 Å². The van der Waals surface area contributed by atoms with Crippen LogP contribution in [-0.4, -0.2) is 26.4 Å². The van der Waals surface area contributed by atoms with Crippen LogP contribution in [0.25, 0.3) is 0 Å². The summed E-state index contributed by atoms with van der Waals surface area (Å²) in [5.74, 6) is 1.71. The Bertz CT molecular complexity index is 421. The first-order chi connectivity index (χ1) is 10.2. The van der Waals surface area contributed by atoms with Crippen LogP contribution in [-0.2, 0) is 4.74 Å². The second kappa shape index (κ2) is 8.40. The zero-order valence-corrected chi connectivity index (χ0v) is 13.6. The molecular formula is C18H29NO2. The first-order valence-corrected chi connectivity index (χ1v) is 8.21. The van der Waals surface area contributed by atoms with E-state index in [2.05, 4.69) is 31.3 Å². The van der Waals surface area contributed by atoms with Crippen LogP contribution < -0.4 is 10.1 Å². The maximum atomic E-state index is 6.19. The molecule has 1 aliphatic rings. The van der Waals surface area contributed by atoms with Crippen LogP contribution in [0.3, 0.4) is 0 Å². The Balaban J connectivity index is 1.94. The van der Waals surface area contributed by atoms with Gasteiger partial charge in [0.25, 0.3) is 0 Å². The summed E-state index contributed by atoms with van der Waals surface area (Å²) in [5.41, 5.74) is 1.24. The molecule has 1 aliphatic carbocycles. The largest absolute Gasteiger partial charge is 0.497 e. The fourth-order valence-corrected chi connectivity index (χ4v) is 3.14. The molecule has 1 fully saturated rings. The number of methoxy groups -OCH3 is 1. The van der Waals surface area contributed by atoms with Crippen LogP contribution in [0.5, 0.6) is 5.75 Å². The molecular weight excluding hydrogens is 262 g/mol. The predicted octanol–water partition coefficient (Wildman–Crippen LogP) is 3.94. The molecule has 0 saturated heterocycles. The van der Waals surface area contributed by atoms with E-state index in [4.69, 9.17) is 9.47 Å². The minimum absolute atomic E-state index is 0.238. The third kappa shape index (κ3) is 5.01. The average Bonchev–Trinajstić information content (AvgIpc) is 2.51. The topological polar surface area (TPSA) is 30.5 Å². The van der Waals surface area contributed by atoms with Crippen LogP contribution in [0.2, 0.25) is 0 Å². The number of likely N-dealkylation sites (N-methyl/N-ethyl adjacent to an activating group) is 1. The molecule has 2 rings (SSSR count). The van der Waals surface area contributed by atoms with E-state index >= 15 is 0 Å². The molecule has 0 bridgehead atoms. The summed E-state index contributed by atoms with van der Waals surface area (Å²) in [5, 5.41) is 3.52. The van der Waals surface area contributed by atoms with Crippen molar-refractivity contribution in [2.24, 2.45) is 5.92 Å². The minimum Gasteiger partial charge on any atom is -0.497 e. The van der Waals surface area contributed by atoms with E-state index in [0.29, 0.717) is 6.10 Å². The molecule has 0 heterocycles. The Morgan fingerprint density at radius 1 is 1.33 bits per heavy atom. The second-order valence-electron chi connectivity index (χ2n) is 6.11. The Hall–Kier alpha value is -1.06. The molecule has 3 heteroatoms. The summed E-state index contributed by atoms with van der Waals surface area (Å²) in [6.45, 7) is 6.14. The van der Waals surface area contributed by atoms with Crippen molar-refractivity contribution >= 4 is 0 Å². The summed E-state index contributed by atoms with van der Waals surface area (Å²) in [6.07, 6.45) is 5.50. The van der Waals surface area contributed by atoms with E-state index in [1.165, 1.54) is 31.2 Å². The smallest absolute Gasteiger partial charge is 0.119 e. The summed E-state index contributed by atoms with van der Waals surface area (Å²) < 4.78 is 11.5. The quantitative estimate of drug-likeness (QED) is 0.825. The van der Waals surface area contributed by atoms with Gasteiger partial charge in [-0.15, -0.1) is 0 Å². The number of hydrogen-bond acceptors (Lipinski definition) is 3. The minimum atomic E-state index is 0.238. The van der Waals surface area contributed by atoms with Crippen molar-refractivity contribution in [3.8, 4) is 5.75 Å². The van der Waals surface area contributed by atoms with Gasteiger partial charge >= 0.3 is 0 Å². The number of ether oxygens (including phenoxy) is 2. The van der Waals surface area contributed by atoms with Gasteiger partial charge in [0.05, 0.1) is 25.9 Å². The molecule has 21 heavy (non-hydrogen) atoms. The molecule has 0 aliphatic heterocycles. The number of nitrogens with one attached hydrogen (secondary N) is 1. The van der Waals surface area contributed by atoms with Crippen LogP contribution in [0.4, 0.5) is 0 Å². The van der Waals surface area contributed by atoms with Gasteiger partial charge in [-0.25, -0.2) is 0 Å². The first kappa shape index (κ1) is 16.3. The summed E-state index contributed by atoms with van der Waals surface area (Å²) >= 11 is 0. The Kier molecular flexibility index (Phi) is 6.52. The maximum Gasteiger partial charge on any atom is 0.119 e. The maximum absolute atomic E-state index is 6.19. The van der Waals surface area contributed by atoms with E-state index < -0.39 is 0 Å².